The van der Waals surface area contributed by atoms with E-state index in [1.165, 1.54) is 24.7 Å². The second kappa shape index (κ2) is 4.61. The summed E-state index contributed by atoms with van der Waals surface area (Å²) in [5.74, 6) is -1.78. The molecular formula is C14H7ClFNO3. The fourth-order valence-corrected chi connectivity index (χ4v) is 2.12. The normalized spacial score (nSPS) is 10.9. The van der Waals surface area contributed by atoms with Crippen molar-refractivity contribution in [3.8, 4) is 11.3 Å². The van der Waals surface area contributed by atoms with Crippen LogP contribution in [0.25, 0.3) is 22.2 Å². The van der Waals surface area contributed by atoms with Crippen LogP contribution < -0.4 is 0 Å². The molecule has 3 aromatic rings. The van der Waals surface area contributed by atoms with Crippen molar-refractivity contribution in [2.45, 2.75) is 0 Å². The van der Waals surface area contributed by atoms with Crippen LogP contribution in [-0.4, -0.2) is 16.1 Å². The molecule has 0 unspecified atom stereocenters. The molecule has 0 fully saturated rings. The number of carboxylic acid groups (broad SMARTS) is 1. The lowest BCUT2D eigenvalue weighted by Crippen LogP contribution is -2.00. The highest BCUT2D eigenvalue weighted by Crippen LogP contribution is 2.28. The highest BCUT2D eigenvalue weighted by molar-refractivity contribution is 6.31. The summed E-state index contributed by atoms with van der Waals surface area (Å²) < 4.78 is 18.5. The van der Waals surface area contributed by atoms with Crippen molar-refractivity contribution in [2.24, 2.45) is 0 Å². The lowest BCUT2D eigenvalue weighted by molar-refractivity contribution is 0.0699. The molecule has 0 atom stereocenters. The van der Waals surface area contributed by atoms with E-state index in [1.54, 1.807) is 6.07 Å². The van der Waals surface area contributed by atoms with Crippen LogP contribution in [0, 0.1) is 5.82 Å². The van der Waals surface area contributed by atoms with Gasteiger partial charge < -0.3 is 9.52 Å². The molecule has 3 rings (SSSR count). The van der Waals surface area contributed by atoms with E-state index < -0.39 is 11.8 Å². The van der Waals surface area contributed by atoms with E-state index in [1.807, 2.05) is 0 Å². The van der Waals surface area contributed by atoms with Crippen LogP contribution in [0.4, 0.5) is 4.39 Å². The van der Waals surface area contributed by atoms with E-state index in [0.29, 0.717) is 11.3 Å². The van der Waals surface area contributed by atoms with Crippen molar-refractivity contribution >= 4 is 28.5 Å². The molecule has 2 aromatic heterocycles. The number of aromatic nitrogens is 1. The Morgan fingerprint density at radius 2 is 2.15 bits per heavy atom. The van der Waals surface area contributed by atoms with Gasteiger partial charge in [-0.15, -0.1) is 0 Å². The molecule has 6 heteroatoms. The molecule has 0 saturated carbocycles. The Morgan fingerprint density at radius 3 is 2.80 bits per heavy atom. The average molecular weight is 292 g/mol. The van der Waals surface area contributed by atoms with Gasteiger partial charge in [0.05, 0.1) is 34.3 Å². The van der Waals surface area contributed by atoms with E-state index >= 15 is 0 Å². The lowest BCUT2D eigenvalue weighted by Gasteiger charge is -2.06. The maximum absolute atomic E-state index is 13.5. The number of halogens is 2. The topological polar surface area (TPSA) is 63.3 Å². The molecule has 0 amide bonds. The van der Waals surface area contributed by atoms with Crippen molar-refractivity contribution in [1.82, 2.24) is 4.98 Å². The van der Waals surface area contributed by atoms with Crippen molar-refractivity contribution in [3.05, 3.63) is 53.2 Å². The number of nitrogens with zero attached hydrogens (tertiary/aromatic N) is 1. The quantitative estimate of drug-likeness (QED) is 0.775. The average Bonchev–Trinajstić information content (AvgIpc) is 2.92. The summed E-state index contributed by atoms with van der Waals surface area (Å²) in [4.78, 5) is 15.6. The monoisotopic (exact) mass is 291 g/mol. The summed E-state index contributed by atoms with van der Waals surface area (Å²) in [5.41, 5.74) is 1.24. The van der Waals surface area contributed by atoms with E-state index in [0.717, 1.165) is 6.07 Å². The van der Waals surface area contributed by atoms with Crippen LogP contribution in [0.2, 0.25) is 5.02 Å². The summed E-state index contributed by atoms with van der Waals surface area (Å²) in [5, 5.41) is 9.42. The number of hydrogen-bond donors (Lipinski definition) is 1. The molecule has 20 heavy (non-hydrogen) atoms. The Bertz CT molecular complexity index is 815. The van der Waals surface area contributed by atoms with Crippen LogP contribution in [0.1, 0.15) is 10.4 Å². The Morgan fingerprint density at radius 1 is 1.35 bits per heavy atom. The summed E-state index contributed by atoms with van der Waals surface area (Å²) >= 11 is 5.69. The van der Waals surface area contributed by atoms with Gasteiger partial charge in [-0.3, -0.25) is 0 Å². The summed E-state index contributed by atoms with van der Waals surface area (Å²) in [6, 6.07) is 5.44. The molecule has 0 aliphatic rings. The lowest BCUT2D eigenvalue weighted by atomic mass is 10.1. The molecule has 4 nitrogen and oxygen atoms in total. The highest BCUT2D eigenvalue weighted by Gasteiger charge is 2.15. The molecular weight excluding hydrogens is 285 g/mol. The Labute approximate surface area is 117 Å². The van der Waals surface area contributed by atoms with E-state index in [-0.39, 0.29) is 21.5 Å². The minimum atomic E-state index is -1.13. The van der Waals surface area contributed by atoms with Crippen LogP contribution in [0.3, 0.4) is 0 Å². The van der Waals surface area contributed by atoms with E-state index in [4.69, 9.17) is 16.0 Å². The first-order chi connectivity index (χ1) is 9.56. The second-order valence-electron chi connectivity index (χ2n) is 4.16. The highest BCUT2D eigenvalue weighted by atomic mass is 35.5. The largest absolute Gasteiger partial charge is 0.478 e. The smallest absolute Gasteiger partial charge is 0.336 e. The van der Waals surface area contributed by atoms with E-state index in [9.17, 15) is 14.3 Å². The number of fused-ring (bicyclic) bond motifs is 1. The fraction of sp³-hybridized carbons (Fsp3) is 0. The van der Waals surface area contributed by atoms with Gasteiger partial charge in [-0.1, -0.05) is 11.6 Å². The number of aromatic carboxylic acids is 1. The Kier molecular flexibility index (Phi) is 2.91. The second-order valence-corrected chi connectivity index (χ2v) is 4.56. The zero-order chi connectivity index (χ0) is 14.3. The minimum Gasteiger partial charge on any atom is -0.478 e. The van der Waals surface area contributed by atoms with Crippen molar-refractivity contribution < 1.29 is 18.7 Å². The zero-order valence-electron chi connectivity index (χ0n) is 9.93. The number of carboxylic acids is 1. The van der Waals surface area contributed by atoms with Crippen LogP contribution in [0.5, 0.6) is 0 Å². The third-order valence-electron chi connectivity index (χ3n) is 2.90. The molecule has 0 bridgehead atoms. The predicted molar refractivity (Wildman–Crippen MR) is 71.4 cm³/mol. The van der Waals surface area contributed by atoms with Crippen LogP contribution in [-0.2, 0) is 0 Å². The van der Waals surface area contributed by atoms with Gasteiger partial charge in [0.2, 0.25) is 0 Å². The number of pyridine rings is 1. The standard InChI is InChI=1S/C14H7ClFNO3/c15-10-3-8-9(14(18)19)4-12(7-1-2-20-6-7)17-13(8)5-11(10)16/h1-6H,(H,18,19). The molecule has 100 valence electrons. The molecule has 0 saturated heterocycles. The number of rotatable bonds is 2. The van der Waals surface area contributed by atoms with Gasteiger partial charge in [-0.2, -0.15) is 0 Å². The molecule has 0 spiro atoms. The third-order valence-corrected chi connectivity index (χ3v) is 3.19. The van der Waals surface area contributed by atoms with Crippen molar-refractivity contribution in [1.29, 1.82) is 0 Å². The zero-order valence-corrected chi connectivity index (χ0v) is 10.7. The van der Waals surface area contributed by atoms with Crippen molar-refractivity contribution in [2.75, 3.05) is 0 Å². The maximum Gasteiger partial charge on any atom is 0.336 e. The molecule has 0 aliphatic carbocycles. The van der Waals surface area contributed by atoms with Gasteiger partial charge in [0, 0.05) is 17.0 Å². The van der Waals surface area contributed by atoms with Crippen LogP contribution in [0.15, 0.2) is 41.2 Å². The van der Waals surface area contributed by atoms with Gasteiger partial charge in [0.15, 0.2) is 0 Å². The number of hydrogen-bond acceptors (Lipinski definition) is 3. The van der Waals surface area contributed by atoms with Gasteiger partial charge in [-0.05, 0) is 18.2 Å². The Hall–Kier alpha value is -2.40. The third kappa shape index (κ3) is 2.02. The van der Waals surface area contributed by atoms with Gasteiger partial charge in [0.25, 0.3) is 0 Å². The first kappa shape index (κ1) is 12.6. The molecule has 2 heterocycles. The van der Waals surface area contributed by atoms with Crippen molar-refractivity contribution in [3.63, 3.8) is 0 Å². The molecule has 1 aromatic carbocycles. The van der Waals surface area contributed by atoms with E-state index in [2.05, 4.69) is 4.98 Å². The maximum atomic E-state index is 13.5. The number of carbonyl (C=O) groups is 1. The minimum absolute atomic E-state index is 0.00750. The molecule has 1 N–H and O–H groups in total. The first-order valence-electron chi connectivity index (χ1n) is 5.62. The summed E-state index contributed by atoms with van der Waals surface area (Å²) in [7, 11) is 0. The SMILES string of the molecule is O=C(O)c1cc(-c2ccoc2)nc2cc(F)c(Cl)cc12. The number of benzene rings is 1. The predicted octanol–water partition coefficient (Wildman–Crippen LogP) is 3.99. The van der Waals surface area contributed by atoms with Gasteiger partial charge in [0.1, 0.15) is 5.82 Å². The summed E-state index contributed by atoms with van der Waals surface area (Å²) in [6.07, 6.45) is 2.89. The summed E-state index contributed by atoms with van der Waals surface area (Å²) in [6.45, 7) is 0. The fourth-order valence-electron chi connectivity index (χ4n) is 1.96. The van der Waals surface area contributed by atoms with Crippen LogP contribution >= 0.6 is 11.6 Å². The Balaban J connectivity index is 2.36. The molecule has 0 aliphatic heterocycles. The number of furan rings is 1. The van der Waals surface area contributed by atoms with Gasteiger partial charge >= 0.3 is 5.97 Å². The van der Waals surface area contributed by atoms with Gasteiger partial charge in [-0.25, -0.2) is 14.2 Å². The molecule has 0 radical (unpaired) electrons. The first-order valence-corrected chi connectivity index (χ1v) is 6.00.